The van der Waals surface area contributed by atoms with Crippen molar-refractivity contribution in [3.8, 4) is 0 Å². The van der Waals surface area contributed by atoms with Crippen LogP contribution < -0.4 is 5.32 Å². The first-order valence-electron chi connectivity index (χ1n) is 5.35. The molecule has 0 amide bonds. The van der Waals surface area contributed by atoms with Gasteiger partial charge < -0.3 is 9.88 Å². The van der Waals surface area contributed by atoms with Gasteiger partial charge in [0, 0.05) is 25.9 Å². The van der Waals surface area contributed by atoms with Crippen molar-refractivity contribution < 1.29 is 0 Å². The van der Waals surface area contributed by atoms with Crippen LogP contribution in [0, 0.1) is 0 Å². The summed E-state index contributed by atoms with van der Waals surface area (Å²) in [7, 11) is 4.04. The monoisotopic (exact) mass is 194 g/mol. The Hall–Kier alpha value is -0.900. The molecular weight excluding hydrogens is 176 g/mol. The van der Waals surface area contributed by atoms with Crippen molar-refractivity contribution in [1.82, 2.24) is 20.1 Å². The first-order valence-corrected chi connectivity index (χ1v) is 5.35. The predicted molar refractivity (Wildman–Crippen MR) is 55.2 cm³/mol. The van der Waals surface area contributed by atoms with Crippen LogP contribution in [-0.2, 0) is 13.5 Å². The van der Waals surface area contributed by atoms with Crippen LogP contribution in [-0.4, -0.2) is 28.4 Å². The zero-order valence-electron chi connectivity index (χ0n) is 8.95. The van der Waals surface area contributed by atoms with E-state index in [4.69, 9.17) is 0 Å². The lowest BCUT2D eigenvalue weighted by atomic mass is 9.85. The van der Waals surface area contributed by atoms with E-state index in [0.29, 0.717) is 5.92 Å². The van der Waals surface area contributed by atoms with Crippen LogP contribution in [0.5, 0.6) is 0 Å². The summed E-state index contributed by atoms with van der Waals surface area (Å²) in [5.41, 5.74) is 0. The van der Waals surface area contributed by atoms with E-state index in [1.165, 1.54) is 25.1 Å². The number of hydrogen-bond donors (Lipinski definition) is 1. The van der Waals surface area contributed by atoms with Gasteiger partial charge in [-0.2, -0.15) is 0 Å². The number of likely N-dealkylation sites (N-methyl/N-ethyl adjacent to an activating group) is 1. The Morgan fingerprint density at radius 3 is 2.79 bits per heavy atom. The van der Waals surface area contributed by atoms with Crippen LogP contribution in [0.4, 0.5) is 0 Å². The normalized spacial score (nSPS) is 17.0. The fraction of sp³-hybridized carbons (Fsp3) is 0.800. The highest BCUT2D eigenvalue weighted by Gasteiger charge is 2.24. The summed E-state index contributed by atoms with van der Waals surface area (Å²) < 4.78 is 2.17. The number of aromatic nitrogens is 3. The maximum Gasteiger partial charge on any atom is 0.135 e. The minimum Gasteiger partial charge on any atom is -0.319 e. The molecule has 0 aliphatic heterocycles. The molecule has 0 atom stereocenters. The minimum atomic E-state index is 0.677. The van der Waals surface area contributed by atoms with Gasteiger partial charge in [0.2, 0.25) is 0 Å². The van der Waals surface area contributed by atoms with Gasteiger partial charge >= 0.3 is 0 Å². The molecule has 14 heavy (non-hydrogen) atoms. The van der Waals surface area contributed by atoms with Crippen molar-refractivity contribution in [2.24, 2.45) is 7.05 Å². The van der Waals surface area contributed by atoms with E-state index in [1.54, 1.807) is 0 Å². The molecular formula is C10H18N4. The van der Waals surface area contributed by atoms with Gasteiger partial charge in [0.15, 0.2) is 0 Å². The average Bonchev–Trinajstić information content (AvgIpc) is 2.43. The van der Waals surface area contributed by atoms with Gasteiger partial charge in [-0.05, 0) is 19.9 Å². The van der Waals surface area contributed by atoms with Gasteiger partial charge in [-0.1, -0.05) is 6.42 Å². The number of rotatable bonds is 4. The van der Waals surface area contributed by atoms with Crippen molar-refractivity contribution in [1.29, 1.82) is 0 Å². The molecule has 0 radical (unpaired) electrons. The molecule has 1 aromatic rings. The molecule has 0 unspecified atom stereocenters. The number of nitrogens with one attached hydrogen (secondary N) is 1. The van der Waals surface area contributed by atoms with Gasteiger partial charge in [0.1, 0.15) is 11.6 Å². The molecule has 78 valence electrons. The first kappa shape index (κ1) is 9.65. The molecule has 0 aromatic carbocycles. The third kappa shape index (κ3) is 1.66. The summed E-state index contributed by atoms with van der Waals surface area (Å²) in [6, 6.07) is 0. The van der Waals surface area contributed by atoms with Crippen LogP contribution in [0.2, 0.25) is 0 Å². The van der Waals surface area contributed by atoms with Gasteiger partial charge in [-0.3, -0.25) is 0 Å². The molecule has 0 bridgehead atoms. The molecule has 4 heteroatoms. The minimum absolute atomic E-state index is 0.677. The van der Waals surface area contributed by atoms with Gasteiger partial charge in [-0.25, -0.2) is 0 Å². The van der Waals surface area contributed by atoms with Crippen LogP contribution >= 0.6 is 0 Å². The lowest BCUT2D eigenvalue weighted by Gasteiger charge is -2.24. The molecule has 1 heterocycles. The second kappa shape index (κ2) is 4.09. The first-order chi connectivity index (χ1) is 6.83. The van der Waals surface area contributed by atoms with E-state index in [-0.39, 0.29) is 0 Å². The maximum absolute atomic E-state index is 4.28. The highest BCUT2D eigenvalue weighted by Crippen LogP contribution is 2.34. The van der Waals surface area contributed by atoms with Crippen LogP contribution in [0.1, 0.15) is 36.8 Å². The largest absolute Gasteiger partial charge is 0.319 e. The smallest absolute Gasteiger partial charge is 0.135 e. The SMILES string of the molecule is CNCCc1nnc(C2CCC2)n1C. The highest BCUT2D eigenvalue weighted by molar-refractivity contribution is 5.04. The Labute approximate surface area is 84.7 Å². The van der Waals surface area contributed by atoms with Crippen molar-refractivity contribution in [2.75, 3.05) is 13.6 Å². The van der Waals surface area contributed by atoms with Crippen molar-refractivity contribution in [3.05, 3.63) is 11.6 Å². The number of nitrogens with zero attached hydrogens (tertiary/aromatic N) is 3. The lowest BCUT2D eigenvalue weighted by molar-refractivity contribution is 0.391. The molecule has 1 aliphatic rings. The quantitative estimate of drug-likeness (QED) is 0.772. The Morgan fingerprint density at radius 2 is 2.21 bits per heavy atom. The summed E-state index contributed by atoms with van der Waals surface area (Å²) in [5.74, 6) is 2.96. The zero-order chi connectivity index (χ0) is 9.97. The molecule has 1 saturated carbocycles. The zero-order valence-corrected chi connectivity index (χ0v) is 8.95. The number of hydrogen-bond acceptors (Lipinski definition) is 3. The van der Waals surface area contributed by atoms with E-state index in [9.17, 15) is 0 Å². The molecule has 1 N–H and O–H groups in total. The Balaban J connectivity index is 2.06. The molecule has 0 spiro atoms. The predicted octanol–water partition coefficient (Wildman–Crippen LogP) is 0.844. The lowest BCUT2D eigenvalue weighted by Crippen LogP contribution is -2.16. The Morgan fingerprint density at radius 1 is 1.43 bits per heavy atom. The van der Waals surface area contributed by atoms with Crippen molar-refractivity contribution >= 4 is 0 Å². The highest BCUT2D eigenvalue weighted by atomic mass is 15.3. The second-order valence-electron chi connectivity index (χ2n) is 4.01. The van der Waals surface area contributed by atoms with Crippen molar-refractivity contribution in [2.45, 2.75) is 31.6 Å². The third-order valence-electron chi connectivity index (χ3n) is 3.07. The molecule has 0 saturated heterocycles. The van der Waals surface area contributed by atoms with E-state index in [0.717, 1.165) is 18.8 Å². The Kier molecular flexibility index (Phi) is 2.82. The molecule has 1 aromatic heterocycles. The van der Waals surface area contributed by atoms with E-state index >= 15 is 0 Å². The third-order valence-corrected chi connectivity index (χ3v) is 3.07. The summed E-state index contributed by atoms with van der Waals surface area (Å²) >= 11 is 0. The second-order valence-corrected chi connectivity index (χ2v) is 4.01. The fourth-order valence-corrected chi connectivity index (χ4v) is 1.85. The standard InChI is InChI=1S/C10H18N4/c1-11-7-6-9-12-13-10(14(9)2)8-4-3-5-8/h8,11H,3-7H2,1-2H3. The fourth-order valence-electron chi connectivity index (χ4n) is 1.85. The molecule has 2 rings (SSSR count). The molecule has 4 nitrogen and oxygen atoms in total. The van der Waals surface area contributed by atoms with E-state index < -0.39 is 0 Å². The van der Waals surface area contributed by atoms with Crippen LogP contribution in [0.15, 0.2) is 0 Å². The van der Waals surface area contributed by atoms with Gasteiger partial charge in [0.05, 0.1) is 0 Å². The van der Waals surface area contributed by atoms with E-state index in [2.05, 4.69) is 27.1 Å². The topological polar surface area (TPSA) is 42.7 Å². The summed E-state index contributed by atoms with van der Waals surface area (Å²) in [6.07, 6.45) is 4.89. The Bertz CT molecular complexity index is 301. The molecule has 1 aliphatic carbocycles. The summed E-state index contributed by atoms with van der Waals surface area (Å²) in [5, 5.41) is 11.6. The summed E-state index contributed by atoms with van der Waals surface area (Å²) in [6.45, 7) is 0.969. The molecule has 1 fully saturated rings. The van der Waals surface area contributed by atoms with Gasteiger partial charge in [0.25, 0.3) is 0 Å². The maximum atomic E-state index is 4.28. The van der Waals surface area contributed by atoms with Gasteiger partial charge in [-0.15, -0.1) is 10.2 Å². The van der Waals surface area contributed by atoms with Crippen LogP contribution in [0.25, 0.3) is 0 Å². The average molecular weight is 194 g/mol. The summed E-state index contributed by atoms with van der Waals surface area (Å²) in [4.78, 5) is 0. The van der Waals surface area contributed by atoms with E-state index in [1.807, 2.05) is 7.05 Å². The van der Waals surface area contributed by atoms with Crippen LogP contribution in [0.3, 0.4) is 0 Å². The van der Waals surface area contributed by atoms with Crippen molar-refractivity contribution in [3.63, 3.8) is 0 Å².